The first kappa shape index (κ1) is 19.3. The van der Waals surface area contributed by atoms with Gasteiger partial charge in [0.05, 0.1) is 0 Å². The van der Waals surface area contributed by atoms with Crippen LogP contribution in [0.5, 0.6) is 0 Å². The second-order valence-electron chi connectivity index (χ2n) is 7.77. The Hall–Kier alpha value is -3.06. The second kappa shape index (κ2) is 8.13. The van der Waals surface area contributed by atoms with Gasteiger partial charge in [-0.1, -0.05) is 30.3 Å². The van der Waals surface area contributed by atoms with Gasteiger partial charge in [-0.2, -0.15) is 4.98 Å². The highest BCUT2D eigenvalue weighted by atomic mass is 16.4. The molecule has 1 N–H and O–H groups in total. The molecule has 1 saturated heterocycles. The average Bonchev–Trinajstić information content (AvgIpc) is 3.12. The lowest BCUT2D eigenvalue weighted by molar-refractivity contribution is 0.104. The number of fused-ring (bicyclic) bond motifs is 1. The van der Waals surface area contributed by atoms with E-state index in [1.54, 1.807) is 0 Å². The standard InChI is InChI=1S/C22H27N5O2/c1-16-14-26(15-17-7-5-4-6-8-17)11-12-27(16)21(28)23-18-9-10-20-19(13-18)24-22(29-20)25(2)3/h4-10,13,16H,11-12,14-15H2,1-3H3,(H,23,28)/t16-/m1/s1. The summed E-state index contributed by atoms with van der Waals surface area (Å²) in [6.07, 6.45) is 0. The zero-order valence-corrected chi connectivity index (χ0v) is 17.1. The molecule has 2 aromatic carbocycles. The molecule has 3 aromatic rings. The molecule has 0 saturated carbocycles. The van der Waals surface area contributed by atoms with Crippen LogP contribution in [-0.2, 0) is 6.54 Å². The zero-order chi connectivity index (χ0) is 20.4. The number of amides is 2. The van der Waals surface area contributed by atoms with Crippen LogP contribution in [0.25, 0.3) is 11.1 Å². The van der Waals surface area contributed by atoms with Gasteiger partial charge < -0.3 is 19.5 Å². The van der Waals surface area contributed by atoms with Crippen molar-refractivity contribution < 1.29 is 9.21 Å². The van der Waals surface area contributed by atoms with E-state index >= 15 is 0 Å². The topological polar surface area (TPSA) is 64.8 Å². The molecule has 0 radical (unpaired) electrons. The van der Waals surface area contributed by atoms with E-state index in [0.717, 1.165) is 30.8 Å². The quantitative estimate of drug-likeness (QED) is 0.733. The molecule has 1 aliphatic rings. The van der Waals surface area contributed by atoms with E-state index in [1.165, 1.54) is 5.56 Å². The number of anilines is 2. The van der Waals surface area contributed by atoms with Crippen molar-refractivity contribution in [1.82, 2.24) is 14.8 Å². The Balaban J connectivity index is 1.38. The van der Waals surface area contributed by atoms with Gasteiger partial charge in [-0.25, -0.2) is 4.79 Å². The molecule has 7 nitrogen and oxygen atoms in total. The van der Waals surface area contributed by atoms with E-state index < -0.39 is 0 Å². The number of benzene rings is 2. The Morgan fingerprint density at radius 3 is 2.72 bits per heavy atom. The third-order valence-corrected chi connectivity index (χ3v) is 5.23. The summed E-state index contributed by atoms with van der Waals surface area (Å²) < 4.78 is 5.67. The first-order chi connectivity index (χ1) is 14.0. The number of oxazole rings is 1. The van der Waals surface area contributed by atoms with E-state index in [4.69, 9.17) is 4.42 Å². The summed E-state index contributed by atoms with van der Waals surface area (Å²) in [6, 6.07) is 16.6. The number of rotatable bonds is 4. The average molecular weight is 393 g/mol. The van der Waals surface area contributed by atoms with Crippen molar-refractivity contribution in [3.63, 3.8) is 0 Å². The van der Waals surface area contributed by atoms with Gasteiger partial charge in [0.1, 0.15) is 5.52 Å². The fraction of sp³-hybridized carbons (Fsp3) is 0.364. The predicted molar refractivity (Wildman–Crippen MR) is 115 cm³/mol. The van der Waals surface area contributed by atoms with Crippen LogP contribution in [-0.4, -0.2) is 60.6 Å². The second-order valence-corrected chi connectivity index (χ2v) is 7.77. The van der Waals surface area contributed by atoms with E-state index in [-0.39, 0.29) is 12.1 Å². The van der Waals surface area contributed by atoms with E-state index in [2.05, 4.69) is 46.4 Å². The number of nitrogens with one attached hydrogen (secondary N) is 1. The van der Waals surface area contributed by atoms with Crippen molar-refractivity contribution in [2.75, 3.05) is 43.9 Å². The number of piperazine rings is 1. The molecule has 1 aliphatic heterocycles. The lowest BCUT2D eigenvalue weighted by Crippen LogP contribution is -2.54. The number of aromatic nitrogens is 1. The summed E-state index contributed by atoms with van der Waals surface area (Å²) in [6.45, 7) is 5.44. The first-order valence-corrected chi connectivity index (χ1v) is 9.91. The van der Waals surface area contributed by atoms with Crippen molar-refractivity contribution in [3.05, 3.63) is 54.1 Å². The van der Waals surface area contributed by atoms with Crippen LogP contribution >= 0.6 is 0 Å². The van der Waals surface area contributed by atoms with Gasteiger partial charge in [0.25, 0.3) is 6.01 Å². The lowest BCUT2D eigenvalue weighted by Gasteiger charge is -2.39. The third-order valence-electron chi connectivity index (χ3n) is 5.23. The van der Waals surface area contributed by atoms with Crippen LogP contribution in [0.3, 0.4) is 0 Å². The van der Waals surface area contributed by atoms with Gasteiger partial charge in [0.2, 0.25) is 0 Å². The summed E-state index contributed by atoms with van der Waals surface area (Å²) in [7, 11) is 3.76. The van der Waals surface area contributed by atoms with E-state index in [9.17, 15) is 4.79 Å². The van der Waals surface area contributed by atoms with Crippen molar-refractivity contribution in [3.8, 4) is 0 Å². The normalized spacial score (nSPS) is 17.5. The highest BCUT2D eigenvalue weighted by Crippen LogP contribution is 2.24. The largest absolute Gasteiger partial charge is 0.423 e. The van der Waals surface area contributed by atoms with Crippen LogP contribution in [0, 0.1) is 0 Å². The molecule has 1 fully saturated rings. The maximum atomic E-state index is 12.8. The van der Waals surface area contributed by atoms with Crippen molar-refractivity contribution in [2.45, 2.75) is 19.5 Å². The van der Waals surface area contributed by atoms with Gasteiger partial charge in [-0.05, 0) is 30.7 Å². The van der Waals surface area contributed by atoms with Gasteiger partial charge in [0, 0.05) is 52.0 Å². The Labute approximate surface area is 170 Å². The fourth-order valence-corrected chi connectivity index (χ4v) is 3.70. The van der Waals surface area contributed by atoms with Gasteiger partial charge in [-0.15, -0.1) is 0 Å². The molecule has 0 unspecified atom stereocenters. The lowest BCUT2D eigenvalue weighted by atomic mass is 10.1. The molecular formula is C22H27N5O2. The molecule has 7 heteroatoms. The SMILES string of the molecule is C[C@@H]1CN(Cc2ccccc2)CCN1C(=O)Nc1ccc2oc(N(C)C)nc2c1. The third kappa shape index (κ3) is 4.35. The molecular weight excluding hydrogens is 366 g/mol. The molecule has 0 aliphatic carbocycles. The molecule has 29 heavy (non-hydrogen) atoms. The van der Waals surface area contributed by atoms with Crippen LogP contribution in [0.2, 0.25) is 0 Å². The molecule has 2 heterocycles. The minimum absolute atomic E-state index is 0.0764. The summed E-state index contributed by atoms with van der Waals surface area (Å²) in [4.78, 5) is 23.4. The Bertz CT molecular complexity index is 985. The fourth-order valence-electron chi connectivity index (χ4n) is 3.70. The van der Waals surface area contributed by atoms with Crippen molar-refractivity contribution in [1.29, 1.82) is 0 Å². The predicted octanol–water partition coefficient (Wildman–Crippen LogP) is 3.63. The first-order valence-electron chi connectivity index (χ1n) is 9.91. The van der Waals surface area contributed by atoms with Crippen molar-refractivity contribution >= 4 is 28.8 Å². The zero-order valence-electron chi connectivity index (χ0n) is 17.1. The highest BCUT2D eigenvalue weighted by molar-refractivity contribution is 5.92. The molecule has 1 atom stereocenters. The number of hydrogen-bond acceptors (Lipinski definition) is 5. The smallest absolute Gasteiger partial charge is 0.322 e. The Morgan fingerprint density at radius 2 is 2.00 bits per heavy atom. The van der Waals surface area contributed by atoms with E-state index in [0.29, 0.717) is 18.1 Å². The van der Waals surface area contributed by atoms with Crippen LogP contribution < -0.4 is 10.2 Å². The monoisotopic (exact) mass is 393 g/mol. The molecule has 1 aromatic heterocycles. The number of urea groups is 1. The molecule has 2 amide bonds. The minimum atomic E-state index is -0.0764. The molecule has 0 bridgehead atoms. The van der Waals surface area contributed by atoms with Crippen LogP contribution in [0.4, 0.5) is 16.5 Å². The molecule has 0 spiro atoms. The maximum absolute atomic E-state index is 12.8. The summed E-state index contributed by atoms with van der Waals surface area (Å²) in [5.74, 6) is 0. The molecule has 152 valence electrons. The van der Waals surface area contributed by atoms with Gasteiger partial charge in [0.15, 0.2) is 5.58 Å². The summed E-state index contributed by atoms with van der Waals surface area (Å²) in [5, 5.41) is 3.01. The number of hydrogen-bond donors (Lipinski definition) is 1. The summed E-state index contributed by atoms with van der Waals surface area (Å²) >= 11 is 0. The van der Waals surface area contributed by atoms with Crippen molar-refractivity contribution in [2.24, 2.45) is 0 Å². The number of carbonyl (C=O) groups is 1. The molecule has 4 rings (SSSR count). The van der Waals surface area contributed by atoms with Gasteiger partial charge in [-0.3, -0.25) is 4.90 Å². The van der Waals surface area contributed by atoms with Crippen LogP contribution in [0.15, 0.2) is 52.9 Å². The Morgan fingerprint density at radius 1 is 1.21 bits per heavy atom. The Kier molecular flexibility index (Phi) is 5.40. The minimum Gasteiger partial charge on any atom is -0.423 e. The van der Waals surface area contributed by atoms with E-state index in [1.807, 2.05) is 48.2 Å². The number of nitrogens with zero attached hydrogens (tertiary/aromatic N) is 4. The van der Waals surface area contributed by atoms with Crippen LogP contribution in [0.1, 0.15) is 12.5 Å². The summed E-state index contributed by atoms with van der Waals surface area (Å²) in [5.41, 5.74) is 3.46. The number of carbonyl (C=O) groups excluding carboxylic acids is 1. The highest BCUT2D eigenvalue weighted by Gasteiger charge is 2.27. The van der Waals surface area contributed by atoms with Gasteiger partial charge >= 0.3 is 6.03 Å². The maximum Gasteiger partial charge on any atom is 0.322 e.